The molecule has 3 heterocycles. The van der Waals surface area contributed by atoms with Gasteiger partial charge in [-0.1, -0.05) is 121 Å². The molecule has 3 aromatic heterocycles. The summed E-state index contributed by atoms with van der Waals surface area (Å²) >= 11 is 0. The van der Waals surface area contributed by atoms with Crippen LogP contribution in [0, 0.1) is 0 Å². The lowest BCUT2D eigenvalue weighted by Gasteiger charge is -2.11. The highest BCUT2D eigenvalue weighted by Crippen LogP contribution is 2.47. The lowest BCUT2D eigenvalue weighted by molar-refractivity contribution is 1.09. The van der Waals surface area contributed by atoms with Crippen LogP contribution < -0.4 is 0 Å². The zero-order valence-electron chi connectivity index (χ0n) is 28.1. The van der Waals surface area contributed by atoms with Gasteiger partial charge in [0.2, 0.25) is 0 Å². The fourth-order valence-corrected chi connectivity index (χ4v) is 8.96. The maximum absolute atomic E-state index is 5.47. The van der Waals surface area contributed by atoms with E-state index in [1.54, 1.807) is 0 Å². The van der Waals surface area contributed by atoms with E-state index < -0.39 is 0 Å². The third-order valence-corrected chi connectivity index (χ3v) is 11.2. The van der Waals surface area contributed by atoms with Crippen molar-refractivity contribution < 1.29 is 0 Å². The minimum absolute atomic E-state index is 0.933. The van der Waals surface area contributed by atoms with Crippen LogP contribution in [0.15, 0.2) is 176 Å². The van der Waals surface area contributed by atoms with E-state index in [2.05, 4.69) is 185 Å². The zero-order valence-corrected chi connectivity index (χ0v) is 28.1. The van der Waals surface area contributed by atoms with Gasteiger partial charge in [0.15, 0.2) is 0 Å². The topological polar surface area (TPSA) is 22.8 Å². The van der Waals surface area contributed by atoms with E-state index in [1.807, 2.05) is 0 Å². The molecule has 0 amide bonds. The molecule has 0 radical (unpaired) electrons. The van der Waals surface area contributed by atoms with Gasteiger partial charge in [-0.05, 0) is 87.4 Å². The molecular formula is C49H29N3. The van der Waals surface area contributed by atoms with E-state index in [4.69, 9.17) is 4.98 Å². The Morgan fingerprint density at radius 3 is 1.85 bits per heavy atom. The van der Waals surface area contributed by atoms with Gasteiger partial charge in [-0.15, -0.1) is 0 Å². The van der Waals surface area contributed by atoms with E-state index in [9.17, 15) is 0 Å². The van der Waals surface area contributed by atoms with Crippen molar-refractivity contribution in [1.29, 1.82) is 0 Å². The number of hydrogen-bond donors (Lipinski definition) is 0. The molecule has 1 aliphatic carbocycles. The van der Waals surface area contributed by atoms with Gasteiger partial charge in [-0.3, -0.25) is 4.57 Å². The van der Waals surface area contributed by atoms with Gasteiger partial charge in [0.1, 0.15) is 5.82 Å². The average Bonchev–Trinajstić information content (AvgIpc) is 3.84. The molecule has 240 valence electrons. The van der Waals surface area contributed by atoms with Crippen molar-refractivity contribution in [3.05, 3.63) is 176 Å². The smallest absolute Gasteiger partial charge is 0.138 e. The Balaban J connectivity index is 1.09. The van der Waals surface area contributed by atoms with Crippen LogP contribution in [0.4, 0.5) is 0 Å². The summed E-state index contributed by atoms with van der Waals surface area (Å²) in [6, 6.07) is 64.1. The number of fused-ring (bicyclic) bond motifs is 11. The van der Waals surface area contributed by atoms with Crippen molar-refractivity contribution >= 4 is 65.2 Å². The summed E-state index contributed by atoms with van der Waals surface area (Å²) in [6.07, 6.45) is 0. The van der Waals surface area contributed by atoms with Gasteiger partial charge in [-0.2, -0.15) is 0 Å². The quantitative estimate of drug-likeness (QED) is 0.185. The highest BCUT2D eigenvalue weighted by Gasteiger charge is 2.24. The first-order valence-electron chi connectivity index (χ1n) is 17.9. The van der Waals surface area contributed by atoms with Crippen molar-refractivity contribution in [3.63, 3.8) is 0 Å². The van der Waals surface area contributed by atoms with E-state index >= 15 is 0 Å². The molecule has 0 atom stereocenters. The summed E-state index contributed by atoms with van der Waals surface area (Å²) in [5.74, 6) is 0.933. The van der Waals surface area contributed by atoms with Crippen LogP contribution in [-0.4, -0.2) is 14.1 Å². The third kappa shape index (κ3) is 3.72. The molecule has 0 fully saturated rings. The summed E-state index contributed by atoms with van der Waals surface area (Å²) in [7, 11) is 0. The van der Waals surface area contributed by atoms with Crippen LogP contribution in [0.25, 0.3) is 110 Å². The van der Waals surface area contributed by atoms with Gasteiger partial charge in [0, 0.05) is 43.7 Å². The number of para-hydroxylation sites is 2. The van der Waals surface area contributed by atoms with Crippen molar-refractivity contribution in [2.24, 2.45) is 0 Å². The van der Waals surface area contributed by atoms with Crippen molar-refractivity contribution in [1.82, 2.24) is 14.1 Å². The van der Waals surface area contributed by atoms with Crippen LogP contribution in [0.1, 0.15) is 0 Å². The molecule has 3 nitrogen and oxygen atoms in total. The molecule has 0 saturated heterocycles. The van der Waals surface area contributed by atoms with E-state index in [0.717, 1.165) is 17.0 Å². The average molecular weight is 660 g/mol. The Kier molecular flexibility index (Phi) is 5.50. The Bertz CT molecular complexity index is 3280. The fraction of sp³-hybridized carbons (Fsp3) is 0. The van der Waals surface area contributed by atoms with Crippen LogP contribution in [0.3, 0.4) is 0 Å². The second-order valence-electron chi connectivity index (χ2n) is 13.9. The predicted octanol–water partition coefficient (Wildman–Crippen LogP) is 12.9. The van der Waals surface area contributed by atoms with Crippen molar-refractivity contribution in [3.8, 4) is 45.0 Å². The number of nitrogens with zero attached hydrogens (tertiary/aromatic N) is 3. The molecule has 52 heavy (non-hydrogen) atoms. The van der Waals surface area contributed by atoms with Gasteiger partial charge in [0.25, 0.3) is 0 Å². The largest absolute Gasteiger partial charge is 0.309 e. The first-order chi connectivity index (χ1) is 25.8. The molecular weight excluding hydrogens is 631 g/mol. The molecule has 1 aliphatic rings. The molecule has 0 bridgehead atoms. The van der Waals surface area contributed by atoms with Crippen LogP contribution in [0.2, 0.25) is 0 Å². The van der Waals surface area contributed by atoms with Crippen LogP contribution in [-0.2, 0) is 0 Å². The van der Waals surface area contributed by atoms with Gasteiger partial charge < -0.3 is 4.57 Å². The molecule has 0 N–H and O–H groups in total. The summed E-state index contributed by atoms with van der Waals surface area (Å²) in [5, 5.41) is 9.96. The number of benzene rings is 8. The SMILES string of the molecule is c1ccc(-n2c3ccccc3c3cc(-c4ccc5c(c4)c4ccc6ccccc6c4n5-c4ccc5c(n4)-c4cccc6cccc-5c46)ccc32)cc1. The second-order valence-corrected chi connectivity index (χ2v) is 13.9. The summed E-state index contributed by atoms with van der Waals surface area (Å²) < 4.78 is 4.76. The fourth-order valence-electron chi connectivity index (χ4n) is 8.96. The third-order valence-electron chi connectivity index (χ3n) is 11.2. The van der Waals surface area contributed by atoms with Gasteiger partial charge in [0.05, 0.1) is 27.8 Å². The number of pyridine rings is 1. The zero-order chi connectivity index (χ0) is 33.9. The highest BCUT2D eigenvalue weighted by molar-refractivity contribution is 6.20. The molecule has 0 saturated carbocycles. The van der Waals surface area contributed by atoms with Crippen molar-refractivity contribution in [2.75, 3.05) is 0 Å². The van der Waals surface area contributed by atoms with Gasteiger partial charge >= 0.3 is 0 Å². The molecule has 8 aromatic carbocycles. The predicted molar refractivity (Wildman–Crippen MR) is 218 cm³/mol. The maximum Gasteiger partial charge on any atom is 0.138 e. The standard InChI is InChI=1S/C49H29N3/c1-2-13-34(14-3-1)51-43-19-7-6-16-36(43)41-28-32(21-25-44(41)51)33-22-26-45-42(29-33)39-23-20-30-10-4-5-15-35(30)49(39)52(45)46-27-24-38-37-17-8-11-31-12-9-18-40(47(31)37)48(38)50-46/h1-29H. The van der Waals surface area contributed by atoms with E-state index in [0.29, 0.717) is 0 Å². The Morgan fingerprint density at radius 2 is 1.02 bits per heavy atom. The summed E-state index contributed by atoms with van der Waals surface area (Å²) in [5.41, 5.74) is 13.1. The first kappa shape index (κ1) is 27.8. The van der Waals surface area contributed by atoms with Gasteiger partial charge in [-0.25, -0.2) is 4.98 Å². The normalized spacial score (nSPS) is 12.2. The maximum atomic E-state index is 5.47. The van der Waals surface area contributed by atoms with Crippen LogP contribution in [0.5, 0.6) is 0 Å². The molecule has 3 heteroatoms. The monoisotopic (exact) mass is 659 g/mol. The van der Waals surface area contributed by atoms with Crippen LogP contribution >= 0.6 is 0 Å². The summed E-state index contributed by atoms with van der Waals surface area (Å²) in [6.45, 7) is 0. The number of hydrogen-bond acceptors (Lipinski definition) is 1. The van der Waals surface area contributed by atoms with Crippen molar-refractivity contribution in [2.45, 2.75) is 0 Å². The Labute approximate surface area is 299 Å². The van der Waals surface area contributed by atoms with E-state index in [-0.39, 0.29) is 0 Å². The minimum Gasteiger partial charge on any atom is -0.309 e. The molecule has 11 aromatic rings. The molecule has 12 rings (SSSR count). The Hall–Kier alpha value is -6.97. The lowest BCUT2D eigenvalue weighted by atomic mass is 10.00. The first-order valence-corrected chi connectivity index (χ1v) is 17.9. The summed E-state index contributed by atoms with van der Waals surface area (Å²) in [4.78, 5) is 5.47. The minimum atomic E-state index is 0.933. The molecule has 0 unspecified atom stereocenters. The molecule has 0 spiro atoms. The highest BCUT2D eigenvalue weighted by atomic mass is 15.1. The molecule has 0 aliphatic heterocycles. The lowest BCUT2D eigenvalue weighted by Crippen LogP contribution is -1.99. The van der Waals surface area contributed by atoms with E-state index in [1.165, 1.54) is 93.1 Å². The number of aromatic nitrogens is 3. The number of rotatable bonds is 3. The Morgan fingerprint density at radius 1 is 0.365 bits per heavy atom. The second kappa shape index (κ2) is 10.3.